The summed E-state index contributed by atoms with van der Waals surface area (Å²) < 4.78 is 0. The van der Waals surface area contributed by atoms with Crippen molar-refractivity contribution in [3.63, 3.8) is 0 Å². The van der Waals surface area contributed by atoms with Gasteiger partial charge < -0.3 is 10.6 Å². The van der Waals surface area contributed by atoms with Gasteiger partial charge in [-0.3, -0.25) is 14.9 Å². The van der Waals surface area contributed by atoms with E-state index in [0.717, 1.165) is 11.4 Å². The number of nitro benzene ring substituents is 1. The number of hydrogen-bond acceptors (Lipinski definition) is 5. The monoisotopic (exact) mass is 379 g/mol. The van der Waals surface area contributed by atoms with E-state index in [4.69, 9.17) is 0 Å². The number of anilines is 3. The Labute approximate surface area is 160 Å². The van der Waals surface area contributed by atoms with Crippen LogP contribution in [0.3, 0.4) is 0 Å². The number of amides is 1. The van der Waals surface area contributed by atoms with E-state index in [2.05, 4.69) is 10.6 Å². The predicted molar refractivity (Wildman–Crippen MR) is 109 cm³/mol. The normalized spacial score (nSPS) is 10.3. The molecular weight excluding hydrogens is 362 g/mol. The van der Waals surface area contributed by atoms with Gasteiger partial charge in [0.2, 0.25) is 0 Å². The number of thioether (sulfide) groups is 1. The van der Waals surface area contributed by atoms with Crippen LogP contribution in [0.2, 0.25) is 0 Å². The van der Waals surface area contributed by atoms with E-state index in [-0.39, 0.29) is 11.3 Å². The van der Waals surface area contributed by atoms with Gasteiger partial charge in [0, 0.05) is 28.7 Å². The lowest BCUT2D eigenvalue weighted by Crippen LogP contribution is -2.12. The lowest BCUT2D eigenvalue weighted by atomic mass is 10.1. The Morgan fingerprint density at radius 2 is 1.63 bits per heavy atom. The van der Waals surface area contributed by atoms with Crippen LogP contribution in [-0.2, 0) is 0 Å². The van der Waals surface area contributed by atoms with Gasteiger partial charge in [-0.2, -0.15) is 0 Å². The SMILES string of the molecule is CSc1ccc(C(=O)Nc2cccc(Nc3ccccc3)c2)cc1[N+](=O)[O-]. The predicted octanol–water partition coefficient (Wildman–Crippen LogP) is 5.31. The number of hydrogen-bond donors (Lipinski definition) is 2. The molecule has 3 aromatic rings. The van der Waals surface area contributed by atoms with Crippen molar-refractivity contribution in [1.29, 1.82) is 0 Å². The fraction of sp³-hybridized carbons (Fsp3) is 0.0500. The third-order valence-electron chi connectivity index (χ3n) is 3.82. The van der Waals surface area contributed by atoms with Crippen molar-refractivity contribution in [1.82, 2.24) is 0 Å². The summed E-state index contributed by atoms with van der Waals surface area (Å²) in [7, 11) is 0. The maximum Gasteiger partial charge on any atom is 0.283 e. The molecule has 0 saturated heterocycles. The number of nitro groups is 1. The Morgan fingerprint density at radius 1 is 0.926 bits per heavy atom. The van der Waals surface area contributed by atoms with Crippen LogP contribution in [0.4, 0.5) is 22.7 Å². The smallest absolute Gasteiger partial charge is 0.283 e. The molecule has 0 aliphatic carbocycles. The number of para-hydroxylation sites is 1. The molecule has 0 unspecified atom stereocenters. The molecule has 0 saturated carbocycles. The van der Waals surface area contributed by atoms with Gasteiger partial charge in [-0.1, -0.05) is 24.3 Å². The van der Waals surface area contributed by atoms with Gasteiger partial charge in [0.15, 0.2) is 0 Å². The van der Waals surface area contributed by atoms with Gasteiger partial charge in [0.05, 0.1) is 9.82 Å². The molecule has 0 aliphatic rings. The highest BCUT2D eigenvalue weighted by molar-refractivity contribution is 7.98. The highest BCUT2D eigenvalue weighted by atomic mass is 32.2. The number of carbonyl (C=O) groups excluding carboxylic acids is 1. The Kier molecular flexibility index (Phi) is 5.73. The molecule has 2 N–H and O–H groups in total. The third kappa shape index (κ3) is 4.65. The van der Waals surface area contributed by atoms with Crippen LogP contribution in [0.1, 0.15) is 10.4 Å². The van der Waals surface area contributed by atoms with Crippen LogP contribution < -0.4 is 10.6 Å². The quantitative estimate of drug-likeness (QED) is 0.344. The number of rotatable bonds is 6. The largest absolute Gasteiger partial charge is 0.355 e. The number of nitrogens with zero attached hydrogens (tertiary/aromatic N) is 1. The number of nitrogens with one attached hydrogen (secondary N) is 2. The Balaban J connectivity index is 1.77. The molecule has 1 amide bonds. The van der Waals surface area contributed by atoms with Crippen molar-refractivity contribution in [2.45, 2.75) is 4.90 Å². The van der Waals surface area contributed by atoms with E-state index < -0.39 is 10.8 Å². The number of benzene rings is 3. The standard InChI is InChI=1S/C20H17N3O3S/c1-27-19-11-10-14(12-18(19)23(25)26)20(24)22-17-9-5-8-16(13-17)21-15-6-3-2-4-7-15/h2-13,21H,1H3,(H,22,24). The molecule has 27 heavy (non-hydrogen) atoms. The fourth-order valence-electron chi connectivity index (χ4n) is 2.54. The molecular formula is C20H17N3O3S. The molecule has 0 bridgehead atoms. The van der Waals surface area contributed by atoms with E-state index >= 15 is 0 Å². The average Bonchev–Trinajstić information content (AvgIpc) is 2.68. The minimum absolute atomic E-state index is 0.0744. The first kappa shape index (κ1) is 18.5. The zero-order valence-electron chi connectivity index (χ0n) is 14.5. The minimum atomic E-state index is -0.479. The first-order chi connectivity index (χ1) is 13.1. The highest BCUT2D eigenvalue weighted by Gasteiger charge is 2.17. The second-order valence-corrected chi connectivity index (χ2v) is 6.52. The van der Waals surface area contributed by atoms with Gasteiger partial charge in [-0.25, -0.2) is 0 Å². The van der Waals surface area contributed by atoms with Crippen molar-refractivity contribution in [2.75, 3.05) is 16.9 Å². The zero-order valence-corrected chi connectivity index (χ0v) is 15.3. The zero-order chi connectivity index (χ0) is 19.2. The molecule has 0 aliphatic heterocycles. The van der Waals surface area contributed by atoms with Gasteiger partial charge in [-0.15, -0.1) is 11.8 Å². The van der Waals surface area contributed by atoms with Crippen molar-refractivity contribution in [3.8, 4) is 0 Å². The summed E-state index contributed by atoms with van der Waals surface area (Å²) in [6.07, 6.45) is 1.76. The summed E-state index contributed by atoms with van der Waals surface area (Å²) in [5, 5.41) is 17.2. The topological polar surface area (TPSA) is 84.3 Å². The molecule has 7 heteroatoms. The fourth-order valence-corrected chi connectivity index (χ4v) is 3.09. The molecule has 0 heterocycles. The van der Waals surface area contributed by atoms with E-state index in [1.807, 2.05) is 42.5 Å². The van der Waals surface area contributed by atoms with Crippen molar-refractivity contribution < 1.29 is 9.72 Å². The summed E-state index contributed by atoms with van der Waals surface area (Å²) >= 11 is 1.27. The van der Waals surface area contributed by atoms with Crippen molar-refractivity contribution >= 4 is 40.4 Å². The molecule has 3 aromatic carbocycles. The van der Waals surface area contributed by atoms with Crippen LogP contribution in [0, 0.1) is 10.1 Å². The van der Waals surface area contributed by atoms with Crippen LogP contribution in [-0.4, -0.2) is 17.1 Å². The Morgan fingerprint density at radius 3 is 2.33 bits per heavy atom. The molecule has 0 radical (unpaired) electrons. The van der Waals surface area contributed by atoms with Crippen LogP contribution in [0.5, 0.6) is 0 Å². The average molecular weight is 379 g/mol. The Hall–Kier alpha value is -3.32. The molecule has 0 fully saturated rings. The van der Waals surface area contributed by atoms with Crippen LogP contribution in [0.15, 0.2) is 77.7 Å². The van der Waals surface area contributed by atoms with E-state index in [9.17, 15) is 14.9 Å². The first-order valence-corrected chi connectivity index (χ1v) is 9.35. The van der Waals surface area contributed by atoms with Gasteiger partial charge >= 0.3 is 0 Å². The first-order valence-electron chi connectivity index (χ1n) is 8.13. The molecule has 6 nitrogen and oxygen atoms in total. The summed E-state index contributed by atoms with van der Waals surface area (Å²) in [5.74, 6) is -0.400. The second kappa shape index (κ2) is 8.37. The molecule has 3 rings (SSSR count). The maximum absolute atomic E-state index is 12.5. The van der Waals surface area contributed by atoms with Crippen molar-refractivity contribution in [2.24, 2.45) is 0 Å². The van der Waals surface area contributed by atoms with Crippen molar-refractivity contribution in [3.05, 3.63) is 88.5 Å². The lowest BCUT2D eigenvalue weighted by Gasteiger charge is -2.10. The summed E-state index contributed by atoms with van der Waals surface area (Å²) in [4.78, 5) is 23.7. The van der Waals surface area contributed by atoms with Crippen LogP contribution >= 0.6 is 11.8 Å². The van der Waals surface area contributed by atoms with Crippen LogP contribution in [0.25, 0.3) is 0 Å². The molecule has 0 spiro atoms. The van der Waals surface area contributed by atoms with E-state index in [1.165, 1.54) is 17.8 Å². The third-order valence-corrected chi connectivity index (χ3v) is 4.61. The second-order valence-electron chi connectivity index (χ2n) is 5.67. The van der Waals surface area contributed by atoms with Gasteiger partial charge in [0.25, 0.3) is 11.6 Å². The summed E-state index contributed by atoms with van der Waals surface area (Å²) in [6, 6.07) is 21.4. The van der Waals surface area contributed by atoms with Gasteiger partial charge in [-0.05, 0) is 48.7 Å². The molecule has 0 atom stereocenters. The highest BCUT2D eigenvalue weighted by Crippen LogP contribution is 2.28. The van der Waals surface area contributed by atoms with E-state index in [1.54, 1.807) is 30.5 Å². The molecule has 136 valence electrons. The van der Waals surface area contributed by atoms with Gasteiger partial charge in [0.1, 0.15) is 0 Å². The Bertz CT molecular complexity index is 977. The maximum atomic E-state index is 12.5. The van der Waals surface area contributed by atoms with E-state index in [0.29, 0.717) is 10.6 Å². The molecule has 0 aromatic heterocycles. The summed E-state index contributed by atoms with van der Waals surface area (Å²) in [5.41, 5.74) is 2.51. The summed E-state index contributed by atoms with van der Waals surface area (Å²) in [6.45, 7) is 0. The lowest BCUT2D eigenvalue weighted by molar-refractivity contribution is -0.387. The number of carbonyl (C=O) groups is 1. The minimum Gasteiger partial charge on any atom is -0.355 e.